The summed E-state index contributed by atoms with van der Waals surface area (Å²) >= 11 is 7.40. The van der Waals surface area contributed by atoms with Gasteiger partial charge in [-0.05, 0) is 65.0 Å². The summed E-state index contributed by atoms with van der Waals surface area (Å²) in [5, 5.41) is 7.25. The monoisotopic (exact) mass is 643 g/mol. The van der Waals surface area contributed by atoms with Gasteiger partial charge in [-0.15, -0.1) is 11.3 Å². The van der Waals surface area contributed by atoms with Crippen LogP contribution in [-0.4, -0.2) is 71.6 Å². The molecule has 3 aromatic rings. The minimum absolute atomic E-state index is 0.00681. The Labute approximate surface area is 270 Å². The van der Waals surface area contributed by atoms with Crippen molar-refractivity contribution in [2.75, 3.05) is 54.9 Å². The maximum absolute atomic E-state index is 12.3. The second-order valence-corrected chi connectivity index (χ2v) is 14.1. The van der Waals surface area contributed by atoms with Gasteiger partial charge in [0.1, 0.15) is 17.5 Å². The molecule has 2 aromatic heterocycles. The first kappa shape index (κ1) is 35.2. The van der Waals surface area contributed by atoms with Crippen LogP contribution in [0.5, 0.6) is 0 Å². The number of benzene rings is 1. The third kappa shape index (κ3) is 10.4. The number of ether oxygens (including phenoxy) is 1. The van der Waals surface area contributed by atoms with E-state index in [0.717, 1.165) is 72.2 Å². The number of nitrogens with one attached hydrogen (secondary N) is 2. The fourth-order valence-corrected chi connectivity index (χ4v) is 6.51. The Bertz CT molecular complexity index is 1380. The number of esters is 1. The number of halogens is 1. The molecule has 1 aromatic carbocycles. The molecule has 0 aliphatic carbocycles. The number of carbonyl (C=O) groups is 2. The second-order valence-electron chi connectivity index (χ2n) is 12.5. The molecule has 240 valence electrons. The highest BCUT2D eigenvalue weighted by molar-refractivity contribution is 7.15. The maximum atomic E-state index is 12.3. The van der Waals surface area contributed by atoms with Gasteiger partial charge in [0.2, 0.25) is 6.41 Å². The lowest BCUT2D eigenvalue weighted by molar-refractivity contribution is -0.155. The van der Waals surface area contributed by atoms with Gasteiger partial charge >= 0.3 is 5.97 Å². The molecule has 0 saturated carbocycles. The Kier molecular flexibility index (Phi) is 12.5. The Hall–Kier alpha value is -3.28. The second kappa shape index (κ2) is 15.6. The van der Waals surface area contributed by atoms with Crippen molar-refractivity contribution in [2.24, 2.45) is 10.8 Å². The SMILES string of the molecule is CCOC(=O)C(C)(C)CC(C)(C)CN1CCN(c2cc(Nc3ncc(C)s3)nc(C)n2)CC1.Cc1cccc(Cl)c1NC=O. The highest BCUT2D eigenvalue weighted by Gasteiger charge is 2.37. The number of aryl methyl sites for hydroxylation is 3. The number of thiazole rings is 1. The van der Waals surface area contributed by atoms with Crippen LogP contribution in [0.25, 0.3) is 0 Å². The van der Waals surface area contributed by atoms with Gasteiger partial charge < -0.3 is 20.3 Å². The fourth-order valence-electron chi connectivity index (χ4n) is 5.57. The number of aromatic nitrogens is 3. The Morgan fingerprint density at radius 3 is 2.41 bits per heavy atom. The van der Waals surface area contributed by atoms with E-state index in [9.17, 15) is 9.59 Å². The van der Waals surface area contributed by atoms with Crippen molar-refractivity contribution in [3.8, 4) is 0 Å². The molecule has 10 nitrogen and oxygen atoms in total. The fraction of sp³-hybridized carbons (Fsp3) is 0.531. The van der Waals surface area contributed by atoms with Crippen molar-refractivity contribution in [1.82, 2.24) is 19.9 Å². The minimum Gasteiger partial charge on any atom is -0.466 e. The number of piperazine rings is 1. The molecule has 12 heteroatoms. The molecule has 0 atom stereocenters. The maximum Gasteiger partial charge on any atom is 0.311 e. The van der Waals surface area contributed by atoms with Crippen molar-refractivity contribution in [3.05, 3.63) is 51.7 Å². The summed E-state index contributed by atoms with van der Waals surface area (Å²) in [6, 6.07) is 7.47. The normalized spacial score (nSPS) is 14.0. The van der Waals surface area contributed by atoms with Gasteiger partial charge in [0, 0.05) is 49.9 Å². The van der Waals surface area contributed by atoms with Crippen molar-refractivity contribution in [3.63, 3.8) is 0 Å². The lowest BCUT2D eigenvalue weighted by Crippen LogP contribution is -2.50. The summed E-state index contributed by atoms with van der Waals surface area (Å²) in [7, 11) is 0. The molecule has 0 radical (unpaired) electrons. The van der Waals surface area contributed by atoms with Crippen LogP contribution in [-0.2, 0) is 14.3 Å². The van der Waals surface area contributed by atoms with Gasteiger partial charge in [0.25, 0.3) is 0 Å². The molecule has 0 spiro atoms. The van der Waals surface area contributed by atoms with Gasteiger partial charge in [0.05, 0.1) is 22.7 Å². The molecule has 0 unspecified atom stereocenters. The molecule has 0 bridgehead atoms. The summed E-state index contributed by atoms with van der Waals surface area (Å²) in [6.45, 7) is 21.3. The molecule has 2 N–H and O–H groups in total. The van der Waals surface area contributed by atoms with Gasteiger partial charge in [-0.1, -0.05) is 37.6 Å². The smallest absolute Gasteiger partial charge is 0.311 e. The standard InChI is InChI=1S/C24H38N6O2S.C8H8ClNO/c1-8-32-21(31)24(6,7)15-23(4,5)16-29-9-11-30(12-10-29)20-13-19(26-18(3)27-20)28-22-25-14-17(2)33-22;1-6-3-2-4-7(9)8(6)10-5-11/h13-14H,8-12,15-16H2,1-7H3,(H,25,26,27,28);2-5H,1H3,(H,10,11). The predicted octanol–water partition coefficient (Wildman–Crippen LogP) is 6.64. The molecule has 1 amide bonds. The number of hydrogen-bond acceptors (Lipinski definition) is 10. The van der Waals surface area contributed by atoms with E-state index in [-0.39, 0.29) is 11.4 Å². The van der Waals surface area contributed by atoms with E-state index in [1.54, 1.807) is 17.4 Å². The van der Waals surface area contributed by atoms with E-state index in [2.05, 4.69) is 49.2 Å². The molecule has 1 fully saturated rings. The molecule has 4 rings (SSSR count). The first-order chi connectivity index (χ1) is 20.7. The molecule has 1 saturated heterocycles. The Balaban J connectivity index is 0.000000404. The third-order valence-corrected chi connectivity index (χ3v) is 8.35. The summed E-state index contributed by atoms with van der Waals surface area (Å²) < 4.78 is 5.28. The van der Waals surface area contributed by atoms with Gasteiger partial charge in [-0.2, -0.15) is 0 Å². The number of amides is 1. The molecular weight excluding hydrogens is 598 g/mol. The van der Waals surface area contributed by atoms with Crippen LogP contribution < -0.4 is 15.5 Å². The van der Waals surface area contributed by atoms with E-state index in [4.69, 9.17) is 16.3 Å². The van der Waals surface area contributed by atoms with E-state index < -0.39 is 5.41 Å². The largest absolute Gasteiger partial charge is 0.466 e. The summed E-state index contributed by atoms with van der Waals surface area (Å²) in [5.41, 5.74) is 1.17. The van der Waals surface area contributed by atoms with E-state index in [1.807, 2.05) is 65.9 Å². The number of hydrogen-bond donors (Lipinski definition) is 2. The lowest BCUT2D eigenvalue weighted by atomic mass is 9.74. The van der Waals surface area contributed by atoms with Crippen LogP contribution in [0.1, 0.15) is 57.3 Å². The average molecular weight is 644 g/mol. The first-order valence-electron chi connectivity index (χ1n) is 14.9. The van der Waals surface area contributed by atoms with Crippen LogP contribution in [0.4, 0.5) is 22.5 Å². The van der Waals surface area contributed by atoms with E-state index in [0.29, 0.717) is 23.7 Å². The van der Waals surface area contributed by atoms with Crippen molar-refractivity contribution >= 4 is 57.8 Å². The zero-order valence-corrected chi connectivity index (χ0v) is 28.7. The minimum atomic E-state index is -0.487. The zero-order valence-electron chi connectivity index (χ0n) is 27.2. The van der Waals surface area contributed by atoms with Gasteiger partial charge in [-0.3, -0.25) is 14.5 Å². The predicted molar refractivity (Wildman–Crippen MR) is 180 cm³/mol. The number of anilines is 4. The topological polar surface area (TPSA) is 113 Å². The summed E-state index contributed by atoms with van der Waals surface area (Å²) in [4.78, 5) is 42.0. The number of para-hydroxylation sites is 1. The highest BCUT2D eigenvalue weighted by atomic mass is 35.5. The Morgan fingerprint density at radius 2 is 1.82 bits per heavy atom. The van der Waals surface area contributed by atoms with E-state index >= 15 is 0 Å². The zero-order chi connectivity index (χ0) is 32.5. The van der Waals surface area contributed by atoms with Gasteiger partial charge in [-0.25, -0.2) is 15.0 Å². The number of carbonyl (C=O) groups excluding carboxylic acids is 2. The lowest BCUT2D eigenvalue weighted by Gasteiger charge is -2.41. The highest BCUT2D eigenvalue weighted by Crippen LogP contribution is 2.36. The first-order valence-corrected chi connectivity index (χ1v) is 16.1. The van der Waals surface area contributed by atoms with E-state index in [1.165, 1.54) is 0 Å². The van der Waals surface area contributed by atoms with Crippen LogP contribution in [0.2, 0.25) is 5.02 Å². The molecule has 3 heterocycles. The molecular formula is C32H46ClN7O3S. The van der Waals surface area contributed by atoms with Gasteiger partial charge in [0.15, 0.2) is 5.13 Å². The third-order valence-electron chi connectivity index (χ3n) is 7.20. The molecule has 44 heavy (non-hydrogen) atoms. The molecule has 1 aliphatic rings. The number of rotatable bonds is 11. The van der Waals surface area contributed by atoms with Crippen LogP contribution in [0.15, 0.2) is 30.5 Å². The van der Waals surface area contributed by atoms with Crippen molar-refractivity contribution in [2.45, 2.75) is 61.8 Å². The van der Waals surface area contributed by atoms with Crippen LogP contribution in [0, 0.1) is 31.6 Å². The van der Waals surface area contributed by atoms with Crippen molar-refractivity contribution < 1.29 is 14.3 Å². The summed E-state index contributed by atoms with van der Waals surface area (Å²) in [6.07, 6.45) is 3.26. The quantitative estimate of drug-likeness (QED) is 0.175. The Morgan fingerprint density at radius 1 is 1.11 bits per heavy atom. The van der Waals surface area contributed by atoms with Crippen molar-refractivity contribution in [1.29, 1.82) is 0 Å². The van der Waals surface area contributed by atoms with Crippen LogP contribution in [0.3, 0.4) is 0 Å². The van der Waals surface area contributed by atoms with Crippen LogP contribution >= 0.6 is 22.9 Å². The number of nitrogens with zero attached hydrogens (tertiary/aromatic N) is 5. The summed E-state index contributed by atoms with van der Waals surface area (Å²) in [5.74, 6) is 2.35. The molecule has 1 aliphatic heterocycles. The average Bonchev–Trinajstić information content (AvgIpc) is 3.34.